The number of nitrogens with one attached hydrogen (secondary N) is 4. The maximum Gasteiger partial charge on any atom is 0.257 e. The summed E-state index contributed by atoms with van der Waals surface area (Å²) in [5.41, 5.74) is 5.60. The molecule has 1 atom stereocenters. The minimum atomic E-state index is -0.151. The van der Waals surface area contributed by atoms with Crippen LogP contribution < -0.4 is 21.3 Å². The average Bonchev–Trinajstić information content (AvgIpc) is 2.79. The molecule has 1 aromatic heterocycles. The standard InChI is InChI=1S/C25H30N6O/c1-16(21-11-12-28-24(26-4)31-21)29-22-8-6-5-7-19(22)23(32)30-18-9-10-20-17(13-18)14-27-15-25(20,2)3/h5-13,16,27,29H,14-15H2,1-4H3,(H,30,32)(H,26,28,31)/t16-/m0/s1. The molecular formula is C25H30N6O. The fourth-order valence-electron chi connectivity index (χ4n) is 4.13. The molecule has 0 spiro atoms. The van der Waals surface area contributed by atoms with E-state index >= 15 is 0 Å². The maximum atomic E-state index is 13.1. The Balaban J connectivity index is 1.53. The van der Waals surface area contributed by atoms with Gasteiger partial charge in [0, 0.05) is 43.1 Å². The van der Waals surface area contributed by atoms with Crippen LogP contribution in [0.1, 0.15) is 54.0 Å². The van der Waals surface area contributed by atoms with Crippen molar-refractivity contribution in [2.24, 2.45) is 0 Å². The van der Waals surface area contributed by atoms with Crippen LogP contribution in [0.3, 0.4) is 0 Å². The van der Waals surface area contributed by atoms with Crippen molar-refractivity contribution >= 4 is 23.2 Å². The molecule has 7 nitrogen and oxygen atoms in total. The van der Waals surface area contributed by atoms with E-state index in [1.807, 2.05) is 43.3 Å². The number of carbonyl (C=O) groups is 1. The molecular weight excluding hydrogens is 400 g/mol. The zero-order chi connectivity index (χ0) is 22.7. The molecule has 0 radical (unpaired) electrons. The van der Waals surface area contributed by atoms with Gasteiger partial charge < -0.3 is 21.3 Å². The smallest absolute Gasteiger partial charge is 0.257 e. The zero-order valence-electron chi connectivity index (χ0n) is 19.0. The Morgan fingerprint density at radius 2 is 1.97 bits per heavy atom. The summed E-state index contributed by atoms with van der Waals surface area (Å²) in [6.45, 7) is 8.23. The summed E-state index contributed by atoms with van der Waals surface area (Å²) in [5.74, 6) is 0.411. The number of benzene rings is 2. The minimum Gasteiger partial charge on any atom is -0.376 e. The number of amides is 1. The summed E-state index contributed by atoms with van der Waals surface area (Å²) in [7, 11) is 1.79. The summed E-state index contributed by atoms with van der Waals surface area (Å²) < 4.78 is 0. The second-order valence-electron chi connectivity index (χ2n) is 8.78. The van der Waals surface area contributed by atoms with Gasteiger partial charge >= 0.3 is 0 Å². The molecule has 2 heterocycles. The van der Waals surface area contributed by atoms with E-state index in [4.69, 9.17) is 0 Å². The minimum absolute atomic E-state index is 0.0803. The summed E-state index contributed by atoms with van der Waals surface area (Å²) >= 11 is 0. The van der Waals surface area contributed by atoms with Crippen molar-refractivity contribution in [2.45, 2.75) is 38.8 Å². The average molecular weight is 431 g/mol. The molecule has 4 rings (SSSR count). The Morgan fingerprint density at radius 1 is 1.16 bits per heavy atom. The molecule has 4 N–H and O–H groups in total. The number of fused-ring (bicyclic) bond motifs is 1. The van der Waals surface area contributed by atoms with Gasteiger partial charge in [0.25, 0.3) is 5.91 Å². The van der Waals surface area contributed by atoms with Crippen molar-refractivity contribution in [3.8, 4) is 0 Å². The van der Waals surface area contributed by atoms with E-state index in [1.54, 1.807) is 13.2 Å². The second-order valence-corrected chi connectivity index (χ2v) is 8.78. The molecule has 3 aromatic rings. The number of rotatable bonds is 6. The number of hydrogen-bond donors (Lipinski definition) is 4. The lowest BCUT2D eigenvalue weighted by Gasteiger charge is -2.33. The van der Waals surface area contributed by atoms with Crippen LogP contribution in [0.2, 0.25) is 0 Å². The number of para-hydroxylation sites is 1. The predicted octanol–water partition coefficient (Wildman–Crippen LogP) is 4.32. The van der Waals surface area contributed by atoms with Crippen molar-refractivity contribution in [3.63, 3.8) is 0 Å². The number of carbonyl (C=O) groups excluding carboxylic acids is 1. The predicted molar refractivity (Wildman–Crippen MR) is 129 cm³/mol. The summed E-state index contributed by atoms with van der Waals surface area (Å²) in [4.78, 5) is 21.8. The van der Waals surface area contributed by atoms with Gasteiger partial charge in [-0.25, -0.2) is 9.97 Å². The fourth-order valence-corrected chi connectivity index (χ4v) is 4.13. The van der Waals surface area contributed by atoms with Crippen LogP contribution >= 0.6 is 0 Å². The first-order valence-corrected chi connectivity index (χ1v) is 10.9. The lowest BCUT2D eigenvalue weighted by molar-refractivity contribution is 0.102. The summed E-state index contributed by atoms with van der Waals surface area (Å²) in [6.07, 6.45) is 1.72. The van der Waals surface area contributed by atoms with E-state index in [2.05, 4.69) is 57.2 Å². The van der Waals surface area contributed by atoms with Gasteiger partial charge in [-0.15, -0.1) is 0 Å². The van der Waals surface area contributed by atoms with Gasteiger partial charge in [0.1, 0.15) is 0 Å². The van der Waals surface area contributed by atoms with Crippen molar-refractivity contribution < 1.29 is 4.79 Å². The molecule has 1 amide bonds. The molecule has 1 aliphatic rings. The molecule has 0 saturated heterocycles. The maximum absolute atomic E-state index is 13.1. The molecule has 32 heavy (non-hydrogen) atoms. The van der Waals surface area contributed by atoms with E-state index in [1.165, 1.54) is 11.1 Å². The first kappa shape index (κ1) is 21.8. The summed E-state index contributed by atoms with van der Waals surface area (Å²) in [5, 5.41) is 12.9. The molecule has 0 unspecified atom stereocenters. The largest absolute Gasteiger partial charge is 0.376 e. The third kappa shape index (κ3) is 4.57. The third-order valence-electron chi connectivity index (χ3n) is 5.86. The normalized spacial score (nSPS) is 15.4. The van der Waals surface area contributed by atoms with Crippen LogP contribution in [0, 0.1) is 0 Å². The highest BCUT2D eigenvalue weighted by molar-refractivity contribution is 6.08. The van der Waals surface area contributed by atoms with E-state index < -0.39 is 0 Å². The third-order valence-corrected chi connectivity index (χ3v) is 5.86. The Labute approximate surface area is 189 Å². The molecule has 7 heteroatoms. The SMILES string of the molecule is CNc1nccc([C@H](C)Nc2ccccc2C(=O)Nc2ccc3c(c2)CNCC3(C)C)n1. The second kappa shape index (κ2) is 8.96. The number of nitrogens with zero attached hydrogens (tertiary/aromatic N) is 2. The van der Waals surface area contributed by atoms with Gasteiger partial charge in [0.15, 0.2) is 0 Å². The molecule has 166 valence electrons. The quantitative estimate of drug-likeness (QED) is 0.466. The molecule has 2 aromatic carbocycles. The van der Waals surface area contributed by atoms with Crippen LogP contribution in [0.5, 0.6) is 0 Å². The fraction of sp³-hybridized carbons (Fsp3) is 0.320. The first-order chi connectivity index (χ1) is 15.4. The van der Waals surface area contributed by atoms with Gasteiger partial charge in [-0.2, -0.15) is 0 Å². The van der Waals surface area contributed by atoms with Crippen LogP contribution in [0.15, 0.2) is 54.7 Å². The number of anilines is 3. The highest BCUT2D eigenvalue weighted by atomic mass is 16.1. The molecule has 0 bridgehead atoms. The van der Waals surface area contributed by atoms with Crippen LogP contribution in [0.25, 0.3) is 0 Å². The van der Waals surface area contributed by atoms with Crippen LogP contribution in [-0.4, -0.2) is 29.5 Å². The van der Waals surface area contributed by atoms with Crippen LogP contribution in [-0.2, 0) is 12.0 Å². The number of aromatic nitrogens is 2. The molecule has 0 aliphatic carbocycles. The Bertz CT molecular complexity index is 1130. The van der Waals surface area contributed by atoms with Crippen molar-refractivity contribution in [2.75, 3.05) is 29.5 Å². The Kier molecular flexibility index (Phi) is 6.10. The first-order valence-electron chi connectivity index (χ1n) is 10.9. The van der Waals surface area contributed by atoms with E-state index in [9.17, 15) is 4.79 Å². The van der Waals surface area contributed by atoms with Gasteiger partial charge in [-0.3, -0.25) is 4.79 Å². The van der Waals surface area contributed by atoms with E-state index in [0.29, 0.717) is 11.5 Å². The monoisotopic (exact) mass is 430 g/mol. The van der Waals surface area contributed by atoms with Crippen LogP contribution in [0.4, 0.5) is 17.3 Å². The lowest BCUT2D eigenvalue weighted by Crippen LogP contribution is -2.38. The lowest BCUT2D eigenvalue weighted by atomic mass is 9.79. The van der Waals surface area contributed by atoms with Gasteiger partial charge in [0.05, 0.1) is 17.3 Å². The van der Waals surface area contributed by atoms with Crippen molar-refractivity contribution in [1.29, 1.82) is 0 Å². The molecule has 1 aliphatic heterocycles. The topological polar surface area (TPSA) is 91.0 Å². The van der Waals surface area contributed by atoms with Gasteiger partial charge in [-0.05, 0) is 48.4 Å². The van der Waals surface area contributed by atoms with Crippen molar-refractivity contribution in [1.82, 2.24) is 15.3 Å². The summed E-state index contributed by atoms with van der Waals surface area (Å²) in [6, 6.07) is 15.5. The molecule has 0 saturated carbocycles. The number of hydrogen-bond acceptors (Lipinski definition) is 6. The Morgan fingerprint density at radius 3 is 2.78 bits per heavy atom. The van der Waals surface area contributed by atoms with E-state index in [-0.39, 0.29) is 17.4 Å². The molecule has 0 fully saturated rings. The highest BCUT2D eigenvalue weighted by Gasteiger charge is 2.27. The Hall–Kier alpha value is -3.45. The highest BCUT2D eigenvalue weighted by Crippen LogP contribution is 2.31. The zero-order valence-corrected chi connectivity index (χ0v) is 19.0. The van der Waals surface area contributed by atoms with Crippen molar-refractivity contribution in [3.05, 3.63) is 77.1 Å². The van der Waals surface area contributed by atoms with E-state index in [0.717, 1.165) is 30.2 Å². The van der Waals surface area contributed by atoms with Gasteiger partial charge in [0.2, 0.25) is 5.95 Å². The van der Waals surface area contributed by atoms with Gasteiger partial charge in [-0.1, -0.05) is 32.0 Å².